The van der Waals surface area contributed by atoms with Crippen molar-refractivity contribution in [1.29, 1.82) is 0 Å². The summed E-state index contributed by atoms with van der Waals surface area (Å²) in [6, 6.07) is 5.46. The van der Waals surface area contributed by atoms with Crippen molar-refractivity contribution in [2.24, 2.45) is 0 Å². The predicted octanol–water partition coefficient (Wildman–Crippen LogP) is 2.07. The fourth-order valence-electron chi connectivity index (χ4n) is 1.32. The average molecular weight is 191 g/mol. The molecule has 0 unspecified atom stereocenters. The molecule has 0 amide bonds. The van der Waals surface area contributed by atoms with E-state index in [1.54, 1.807) is 6.07 Å². The van der Waals surface area contributed by atoms with Crippen LogP contribution in [0, 0.1) is 5.82 Å². The van der Waals surface area contributed by atoms with Crippen LogP contribution in [0.15, 0.2) is 30.5 Å². The molecule has 2 rings (SSSR count). The van der Waals surface area contributed by atoms with E-state index in [0.717, 1.165) is 6.07 Å². The number of hydrogen-bond donors (Lipinski definition) is 1. The van der Waals surface area contributed by atoms with Crippen LogP contribution in [0.2, 0.25) is 0 Å². The Kier molecular flexibility index (Phi) is 1.89. The molecule has 1 aromatic carbocycles. The summed E-state index contributed by atoms with van der Waals surface area (Å²) in [5.74, 6) is -1.59. The molecule has 1 aromatic heterocycles. The number of carboxylic acids is 1. The fourth-order valence-corrected chi connectivity index (χ4v) is 1.32. The Bertz CT molecular complexity index is 510. The molecule has 0 radical (unpaired) electrons. The molecule has 0 aliphatic carbocycles. The number of nitrogens with zero attached hydrogens (tertiary/aromatic N) is 1. The molecule has 4 heteroatoms. The number of halogens is 1. The number of aromatic carboxylic acids is 1. The molecule has 0 atom stereocenters. The highest BCUT2D eigenvalue weighted by molar-refractivity contribution is 6.02. The predicted molar refractivity (Wildman–Crippen MR) is 48.7 cm³/mol. The topological polar surface area (TPSA) is 50.2 Å². The summed E-state index contributed by atoms with van der Waals surface area (Å²) in [7, 11) is 0. The normalized spacial score (nSPS) is 10.4. The van der Waals surface area contributed by atoms with E-state index in [1.165, 1.54) is 18.3 Å². The Morgan fingerprint density at radius 3 is 2.86 bits per heavy atom. The summed E-state index contributed by atoms with van der Waals surface area (Å²) < 4.78 is 13.2. The third kappa shape index (κ3) is 1.21. The van der Waals surface area contributed by atoms with Gasteiger partial charge in [-0.2, -0.15) is 0 Å². The molecular weight excluding hydrogens is 185 g/mol. The maximum Gasteiger partial charge on any atom is 0.336 e. The minimum atomic E-state index is -1.08. The highest BCUT2D eigenvalue weighted by Crippen LogP contribution is 2.19. The zero-order valence-corrected chi connectivity index (χ0v) is 7.07. The summed E-state index contributed by atoms with van der Waals surface area (Å²) >= 11 is 0. The second kappa shape index (κ2) is 3.06. The lowest BCUT2D eigenvalue weighted by molar-refractivity contribution is 0.0699. The molecule has 1 N–H and O–H groups in total. The Labute approximate surface area is 78.8 Å². The third-order valence-corrected chi connectivity index (χ3v) is 1.95. The van der Waals surface area contributed by atoms with Crippen molar-refractivity contribution in [1.82, 2.24) is 4.98 Å². The first-order chi connectivity index (χ1) is 6.70. The standard InChI is InChI=1S/C10H6FNO2/c11-8-4-3-7(10(13)14)6-2-1-5-12-9(6)8/h1-5H,(H,13,14). The molecule has 70 valence electrons. The molecule has 0 aliphatic heterocycles. The SMILES string of the molecule is O=C(O)c1ccc(F)c2ncccc12. The molecule has 0 saturated heterocycles. The molecule has 0 spiro atoms. The van der Waals surface area contributed by atoms with E-state index >= 15 is 0 Å². The summed E-state index contributed by atoms with van der Waals surface area (Å²) in [4.78, 5) is 14.6. The first-order valence-corrected chi connectivity index (χ1v) is 3.96. The molecule has 0 fully saturated rings. The van der Waals surface area contributed by atoms with E-state index in [4.69, 9.17) is 5.11 Å². The van der Waals surface area contributed by atoms with Gasteiger partial charge in [0.25, 0.3) is 0 Å². The van der Waals surface area contributed by atoms with Crippen LogP contribution in [-0.2, 0) is 0 Å². The van der Waals surface area contributed by atoms with E-state index in [9.17, 15) is 9.18 Å². The fraction of sp³-hybridized carbons (Fsp3) is 0. The number of aromatic nitrogens is 1. The first kappa shape index (κ1) is 8.62. The highest BCUT2D eigenvalue weighted by Gasteiger charge is 2.11. The Morgan fingerprint density at radius 2 is 2.14 bits per heavy atom. The summed E-state index contributed by atoms with van der Waals surface area (Å²) in [6.07, 6.45) is 1.43. The molecular formula is C10H6FNO2. The lowest BCUT2D eigenvalue weighted by Gasteiger charge is -2.01. The largest absolute Gasteiger partial charge is 0.478 e. The molecule has 0 aliphatic rings. The van der Waals surface area contributed by atoms with Gasteiger partial charge in [-0.15, -0.1) is 0 Å². The van der Waals surface area contributed by atoms with Crippen molar-refractivity contribution in [2.75, 3.05) is 0 Å². The van der Waals surface area contributed by atoms with E-state index in [0.29, 0.717) is 5.39 Å². The lowest BCUT2D eigenvalue weighted by atomic mass is 10.1. The summed E-state index contributed by atoms with van der Waals surface area (Å²) in [6.45, 7) is 0. The van der Waals surface area contributed by atoms with E-state index < -0.39 is 11.8 Å². The van der Waals surface area contributed by atoms with Crippen molar-refractivity contribution in [3.05, 3.63) is 41.8 Å². The van der Waals surface area contributed by atoms with E-state index in [2.05, 4.69) is 4.98 Å². The van der Waals surface area contributed by atoms with Crippen molar-refractivity contribution in [2.45, 2.75) is 0 Å². The smallest absolute Gasteiger partial charge is 0.336 e. The van der Waals surface area contributed by atoms with Crippen molar-refractivity contribution >= 4 is 16.9 Å². The quantitative estimate of drug-likeness (QED) is 0.750. The number of carboxylic acid groups (broad SMARTS) is 1. The molecule has 0 bridgehead atoms. The number of pyridine rings is 1. The average Bonchev–Trinajstić information content (AvgIpc) is 2.18. The van der Waals surface area contributed by atoms with Gasteiger partial charge in [0.1, 0.15) is 11.3 Å². The van der Waals surface area contributed by atoms with Gasteiger partial charge in [-0.25, -0.2) is 9.18 Å². The van der Waals surface area contributed by atoms with Crippen LogP contribution in [0.3, 0.4) is 0 Å². The van der Waals surface area contributed by atoms with Gasteiger partial charge in [-0.3, -0.25) is 4.98 Å². The number of carbonyl (C=O) groups is 1. The number of hydrogen-bond acceptors (Lipinski definition) is 2. The second-order valence-corrected chi connectivity index (χ2v) is 2.80. The van der Waals surface area contributed by atoms with Crippen LogP contribution in [0.25, 0.3) is 10.9 Å². The summed E-state index contributed by atoms with van der Waals surface area (Å²) in [5.41, 5.74) is 0.155. The van der Waals surface area contributed by atoms with Gasteiger partial charge in [-0.05, 0) is 18.2 Å². The first-order valence-electron chi connectivity index (χ1n) is 3.96. The van der Waals surface area contributed by atoms with Gasteiger partial charge in [0, 0.05) is 11.6 Å². The Balaban J connectivity index is 2.88. The third-order valence-electron chi connectivity index (χ3n) is 1.95. The highest BCUT2D eigenvalue weighted by atomic mass is 19.1. The molecule has 3 nitrogen and oxygen atoms in total. The van der Waals surface area contributed by atoms with E-state index in [1.807, 2.05) is 0 Å². The van der Waals surface area contributed by atoms with Crippen LogP contribution in [-0.4, -0.2) is 16.1 Å². The maximum absolute atomic E-state index is 13.2. The van der Waals surface area contributed by atoms with Crippen LogP contribution in [0.4, 0.5) is 4.39 Å². The van der Waals surface area contributed by atoms with Gasteiger partial charge in [0.15, 0.2) is 0 Å². The molecule has 0 saturated carbocycles. The van der Waals surface area contributed by atoms with Gasteiger partial charge in [0.05, 0.1) is 5.56 Å². The number of rotatable bonds is 1. The maximum atomic E-state index is 13.2. The van der Waals surface area contributed by atoms with Gasteiger partial charge < -0.3 is 5.11 Å². The van der Waals surface area contributed by atoms with Crippen molar-refractivity contribution in [3.8, 4) is 0 Å². The van der Waals surface area contributed by atoms with Crippen LogP contribution >= 0.6 is 0 Å². The minimum Gasteiger partial charge on any atom is -0.478 e. The zero-order chi connectivity index (χ0) is 10.1. The monoisotopic (exact) mass is 191 g/mol. The Morgan fingerprint density at radius 1 is 1.36 bits per heavy atom. The van der Waals surface area contributed by atoms with Gasteiger partial charge in [0.2, 0.25) is 0 Å². The number of benzene rings is 1. The van der Waals surface area contributed by atoms with Crippen molar-refractivity contribution < 1.29 is 14.3 Å². The van der Waals surface area contributed by atoms with Crippen LogP contribution in [0.5, 0.6) is 0 Å². The molecule has 2 aromatic rings. The van der Waals surface area contributed by atoms with Crippen LogP contribution < -0.4 is 0 Å². The van der Waals surface area contributed by atoms with Crippen LogP contribution in [0.1, 0.15) is 10.4 Å². The van der Waals surface area contributed by atoms with Crippen molar-refractivity contribution in [3.63, 3.8) is 0 Å². The van der Waals surface area contributed by atoms with E-state index in [-0.39, 0.29) is 11.1 Å². The minimum absolute atomic E-state index is 0.0644. The summed E-state index contributed by atoms with van der Waals surface area (Å²) in [5, 5.41) is 9.14. The zero-order valence-electron chi connectivity index (χ0n) is 7.07. The van der Waals surface area contributed by atoms with Gasteiger partial charge >= 0.3 is 5.97 Å². The Hall–Kier alpha value is -1.97. The second-order valence-electron chi connectivity index (χ2n) is 2.80. The lowest BCUT2D eigenvalue weighted by Crippen LogP contribution is -1.99. The molecule has 14 heavy (non-hydrogen) atoms. The molecule has 1 heterocycles. The van der Waals surface area contributed by atoms with Gasteiger partial charge in [-0.1, -0.05) is 6.07 Å². The number of fused-ring (bicyclic) bond motifs is 1.